The van der Waals surface area contributed by atoms with Gasteiger partial charge in [-0.1, -0.05) is 6.42 Å². The van der Waals surface area contributed by atoms with Crippen LogP contribution in [0.25, 0.3) is 0 Å². The summed E-state index contributed by atoms with van der Waals surface area (Å²) in [6.45, 7) is 7.27. The molecule has 1 amide bonds. The van der Waals surface area contributed by atoms with Crippen LogP contribution < -0.4 is 10.6 Å². The van der Waals surface area contributed by atoms with Crippen LogP contribution in [0.1, 0.15) is 45.4 Å². The average molecular weight is 495 g/mol. The first-order chi connectivity index (χ1) is 12.6. The molecule has 0 aromatic carbocycles. The molecule has 27 heavy (non-hydrogen) atoms. The molecule has 2 saturated heterocycles. The Hall–Kier alpha value is -0.610. The summed E-state index contributed by atoms with van der Waals surface area (Å²) in [5.41, 5.74) is 0. The van der Waals surface area contributed by atoms with E-state index in [1.807, 2.05) is 0 Å². The van der Waals surface area contributed by atoms with Gasteiger partial charge in [-0.2, -0.15) is 0 Å². The first-order valence-corrected chi connectivity index (χ1v) is 10.1. The Balaban J connectivity index is 0.00000364. The van der Waals surface area contributed by atoms with Gasteiger partial charge in [-0.15, -0.1) is 24.0 Å². The molecule has 0 aromatic heterocycles. The summed E-state index contributed by atoms with van der Waals surface area (Å²) in [6, 6.07) is 0.701. The lowest BCUT2D eigenvalue weighted by molar-refractivity contribution is -0.127. The molecule has 7 nitrogen and oxygen atoms in total. The minimum absolute atomic E-state index is 0. The van der Waals surface area contributed by atoms with Crippen LogP contribution in [0.2, 0.25) is 0 Å². The van der Waals surface area contributed by atoms with Crippen LogP contribution in [0.3, 0.4) is 0 Å². The van der Waals surface area contributed by atoms with Gasteiger partial charge in [0.15, 0.2) is 5.96 Å². The van der Waals surface area contributed by atoms with Crippen molar-refractivity contribution in [2.75, 3.05) is 53.4 Å². The second kappa shape index (κ2) is 13.5. The van der Waals surface area contributed by atoms with Gasteiger partial charge in [0, 0.05) is 46.4 Å². The third-order valence-corrected chi connectivity index (χ3v) is 5.25. The molecule has 2 fully saturated rings. The van der Waals surface area contributed by atoms with Crippen molar-refractivity contribution in [2.45, 2.75) is 57.6 Å². The second-order valence-electron chi connectivity index (χ2n) is 7.63. The Kier molecular flexibility index (Phi) is 12.3. The molecule has 2 N–H and O–H groups in total. The van der Waals surface area contributed by atoms with Crippen LogP contribution in [0.4, 0.5) is 0 Å². The van der Waals surface area contributed by atoms with Crippen molar-refractivity contribution in [3.63, 3.8) is 0 Å². The number of amides is 1. The van der Waals surface area contributed by atoms with Gasteiger partial charge in [-0.25, -0.2) is 4.99 Å². The highest BCUT2D eigenvalue weighted by Crippen LogP contribution is 2.16. The summed E-state index contributed by atoms with van der Waals surface area (Å²) < 4.78 is 5.66. The number of piperidine rings is 1. The molecule has 158 valence electrons. The van der Waals surface area contributed by atoms with Crippen molar-refractivity contribution in [2.24, 2.45) is 4.99 Å². The predicted octanol–water partition coefficient (Wildman–Crippen LogP) is 1.67. The number of halogens is 1. The van der Waals surface area contributed by atoms with E-state index in [0.717, 1.165) is 45.5 Å². The average Bonchev–Trinajstić information content (AvgIpc) is 3.14. The zero-order valence-corrected chi connectivity index (χ0v) is 19.5. The van der Waals surface area contributed by atoms with Gasteiger partial charge in [0.1, 0.15) is 6.54 Å². The maximum Gasteiger partial charge on any atom is 0.243 e. The Morgan fingerprint density at radius 3 is 2.70 bits per heavy atom. The van der Waals surface area contributed by atoms with Gasteiger partial charge in [0.05, 0.1) is 6.10 Å². The van der Waals surface area contributed by atoms with Crippen molar-refractivity contribution in [1.82, 2.24) is 20.4 Å². The third kappa shape index (κ3) is 9.43. The van der Waals surface area contributed by atoms with E-state index in [4.69, 9.17) is 4.74 Å². The number of aliphatic imine (C=N–C) groups is 1. The third-order valence-electron chi connectivity index (χ3n) is 5.25. The van der Waals surface area contributed by atoms with E-state index < -0.39 is 0 Å². The molecule has 0 aromatic rings. The highest BCUT2D eigenvalue weighted by atomic mass is 127. The van der Waals surface area contributed by atoms with E-state index in [1.165, 1.54) is 25.8 Å². The highest BCUT2D eigenvalue weighted by molar-refractivity contribution is 14.0. The fraction of sp³-hybridized carbons (Fsp3) is 0.895. The molecular weight excluding hydrogens is 457 g/mol. The van der Waals surface area contributed by atoms with Crippen molar-refractivity contribution >= 4 is 35.8 Å². The molecule has 0 saturated carbocycles. The van der Waals surface area contributed by atoms with Crippen LogP contribution in [-0.2, 0) is 9.53 Å². The van der Waals surface area contributed by atoms with Crippen molar-refractivity contribution in [1.29, 1.82) is 0 Å². The summed E-state index contributed by atoms with van der Waals surface area (Å²) in [7, 11) is 3.51. The van der Waals surface area contributed by atoms with Crippen LogP contribution in [0.15, 0.2) is 4.99 Å². The van der Waals surface area contributed by atoms with Crippen molar-refractivity contribution in [3.05, 3.63) is 0 Å². The fourth-order valence-electron chi connectivity index (χ4n) is 3.46. The number of likely N-dealkylation sites (tertiary alicyclic amines) is 1. The highest BCUT2D eigenvalue weighted by Gasteiger charge is 2.18. The Morgan fingerprint density at radius 1 is 1.22 bits per heavy atom. The van der Waals surface area contributed by atoms with E-state index >= 15 is 0 Å². The summed E-state index contributed by atoms with van der Waals surface area (Å²) in [4.78, 5) is 20.4. The number of likely N-dealkylation sites (N-methyl/N-ethyl adjacent to an activating group) is 1. The first-order valence-electron chi connectivity index (χ1n) is 10.1. The topological polar surface area (TPSA) is 69.2 Å². The van der Waals surface area contributed by atoms with E-state index in [9.17, 15) is 4.79 Å². The molecular formula is C19H38IN5O2. The zero-order valence-electron chi connectivity index (χ0n) is 17.2. The van der Waals surface area contributed by atoms with Crippen LogP contribution in [0, 0.1) is 0 Å². The van der Waals surface area contributed by atoms with E-state index in [0.29, 0.717) is 12.0 Å². The molecule has 8 heteroatoms. The minimum atomic E-state index is 0. The lowest BCUT2D eigenvalue weighted by atomic mass is 10.0. The summed E-state index contributed by atoms with van der Waals surface area (Å²) >= 11 is 0. The summed E-state index contributed by atoms with van der Waals surface area (Å²) in [5, 5.41) is 6.71. The number of nitrogens with one attached hydrogen (secondary N) is 2. The van der Waals surface area contributed by atoms with Gasteiger partial charge in [-0.3, -0.25) is 4.79 Å². The van der Waals surface area contributed by atoms with Crippen molar-refractivity contribution in [3.8, 4) is 0 Å². The first kappa shape index (κ1) is 24.4. The molecule has 2 heterocycles. The monoisotopic (exact) mass is 495 g/mol. The van der Waals surface area contributed by atoms with Gasteiger partial charge in [-0.05, 0) is 45.6 Å². The van der Waals surface area contributed by atoms with Gasteiger partial charge in [0.25, 0.3) is 0 Å². The number of rotatable bonds is 8. The maximum absolute atomic E-state index is 11.8. The summed E-state index contributed by atoms with van der Waals surface area (Å²) in [6.07, 6.45) is 7.53. The molecule has 2 aliphatic rings. The predicted molar refractivity (Wildman–Crippen MR) is 121 cm³/mol. The van der Waals surface area contributed by atoms with Crippen LogP contribution in [0.5, 0.6) is 0 Å². The Bertz CT molecular complexity index is 455. The van der Waals surface area contributed by atoms with Crippen LogP contribution in [-0.4, -0.2) is 87.2 Å². The number of guanidine groups is 1. The number of carbonyl (C=O) groups is 1. The lowest BCUT2D eigenvalue weighted by Crippen LogP contribution is -2.43. The number of hydrogen-bond acceptors (Lipinski definition) is 4. The van der Waals surface area contributed by atoms with Crippen LogP contribution >= 0.6 is 24.0 Å². The Morgan fingerprint density at radius 2 is 2.04 bits per heavy atom. The molecule has 2 aliphatic heterocycles. The molecule has 2 rings (SSSR count). The standard InChI is InChI=1S/C19H37N5O2.HI/c1-16-8-4-5-11-24(16)12-7-10-20-19(22-15-18(25)23(2)3)21-14-17-9-6-13-26-17;/h16-17H,4-15H2,1-3H3,(H2,20,21,22);1H. The molecule has 0 spiro atoms. The summed E-state index contributed by atoms with van der Waals surface area (Å²) in [5.74, 6) is 0.716. The lowest BCUT2D eigenvalue weighted by Gasteiger charge is -2.33. The fourth-order valence-corrected chi connectivity index (χ4v) is 3.46. The zero-order chi connectivity index (χ0) is 18.8. The largest absolute Gasteiger partial charge is 0.376 e. The van der Waals surface area contributed by atoms with Gasteiger partial charge >= 0.3 is 0 Å². The number of carbonyl (C=O) groups excluding carboxylic acids is 1. The SMILES string of the molecule is CC1CCCCN1CCCNC(=NCC(=O)N(C)C)NCC1CCCO1.I. The van der Waals surface area contributed by atoms with E-state index in [2.05, 4.69) is 27.4 Å². The quantitative estimate of drug-likeness (QED) is 0.232. The van der Waals surface area contributed by atoms with Gasteiger partial charge < -0.3 is 25.2 Å². The molecule has 0 aliphatic carbocycles. The second-order valence-corrected chi connectivity index (χ2v) is 7.63. The molecule has 0 bridgehead atoms. The molecule has 0 radical (unpaired) electrons. The minimum Gasteiger partial charge on any atom is -0.376 e. The normalized spacial score (nSPS) is 23.6. The van der Waals surface area contributed by atoms with E-state index in [1.54, 1.807) is 19.0 Å². The van der Waals surface area contributed by atoms with Crippen molar-refractivity contribution < 1.29 is 9.53 Å². The maximum atomic E-state index is 11.8. The smallest absolute Gasteiger partial charge is 0.243 e. The molecule has 2 unspecified atom stereocenters. The molecule has 2 atom stereocenters. The number of ether oxygens (including phenoxy) is 1. The number of nitrogens with zero attached hydrogens (tertiary/aromatic N) is 3. The number of hydrogen-bond donors (Lipinski definition) is 2. The van der Waals surface area contributed by atoms with E-state index in [-0.39, 0.29) is 42.5 Å². The van der Waals surface area contributed by atoms with Gasteiger partial charge in [0.2, 0.25) is 5.91 Å². The Labute approximate surface area is 181 Å².